The van der Waals surface area contributed by atoms with E-state index in [0.717, 1.165) is 21.6 Å². The lowest BCUT2D eigenvalue weighted by Crippen LogP contribution is -2.40. The lowest BCUT2D eigenvalue weighted by atomic mass is 10.2. The molecule has 1 N–H and O–H groups in total. The van der Waals surface area contributed by atoms with Gasteiger partial charge in [-0.2, -0.15) is 8.61 Å². The van der Waals surface area contributed by atoms with Crippen LogP contribution in [0.2, 0.25) is 5.02 Å². The molecular formula is C26H27BrClN3O5S2. The van der Waals surface area contributed by atoms with E-state index in [9.17, 15) is 21.6 Å². The second kappa shape index (κ2) is 12.3. The largest absolute Gasteiger partial charge is 0.351 e. The Bertz CT molecular complexity index is 1480. The van der Waals surface area contributed by atoms with Crippen molar-refractivity contribution in [3.8, 4) is 0 Å². The molecule has 0 radical (unpaired) electrons. The standard InChI is InChI=1S/C26H27BrClN3O5S2/c27-22-7-13-25(14-8-22)38(35,36)31(18-21-3-9-23(28)10-4-21)19-26(32)29-17-20-5-11-24(12-6-20)37(33,34)30-15-1-2-16-30/h3-14H,1-2,15-19H2,(H,29,32). The minimum Gasteiger partial charge on any atom is -0.351 e. The number of benzene rings is 3. The van der Waals surface area contributed by atoms with Crippen LogP contribution in [-0.2, 0) is 37.9 Å². The van der Waals surface area contributed by atoms with Gasteiger partial charge in [-0.1, -0.05) is 51.8 Å². The fraction of sp³-hybridized carbons (Fsp3) is 0.269. The number of carbonyl (C=O) groups is 1. The number of hydrogen-bond donors (Lipinski definition) is 1. The Kier molecular flexibility index (Phi) is 9.27. The summed E-state index contributed by atoms with van der Waals surface area (Å²) in [6, 6.07) is 19.3. The van der Waals surface area contributed by atoms with E-state index in [1.165, 1.54) is 28.6 Å². The van der Waals surface area contributed by atoms with E-state index >= 15 is 0 Å². The third kappa shape index (κ3) is 7.02. The Morgan fingerprint density at radius 1 is 0.842 bits per heavy atom. The number of carbonyl (C=O) groups excluding carboxylic acids is 1. The summed E-state index contributed by atoms with van der Waals surface area (Å²) in [7, 11) is -7.51. The molecule has 1 aliphatic rings. The maximum atomic E-state index is 13.4. The van der Waals surface area contributed by atoms with Gasteiger partial charge in [0.15, 0.2) is 0 Å². The fourth-order valence-corrected chi connectivity index (χ4v) is 7.34. The first-order valence-electron chi connectivity index (χ1n) is 11.9. The monoisotopic (exact) mass is 639 g/mol. The van der Waals surface area contributed by atoms with Crippen LogP contribution in [0.25, 0.3) is 0 Å². The smallest absolute Gasteiger partial charge is 0.243 e. The summed E-state index contributed by atoms with van der Waals surface area (Å²) in [5.41, 5.74) is 1.37. The highest BCUT2D eigenvalue weighted by molar-refractivity contribution is 9.10. The molecule has 0 unspecified atom stereocenters. The molecule has 1 amide bonds. The summed E-state index contributed by atoms with van der Waals surface area (Å²) in [4.78, 5) is 13.1. The molecule has 0 aromatic heterocycles. The van der Waals surface area contributed by atoms with E-state index in [2.05, 4.69) is 21.2 Å². The van der Waals surface area contributed by atoms with Crippen LogP contribution in [-0.4, -0.2) is 51.0 Å². The molecule has 0 bridgehead atoms. The average molecular weight is 641 g/mol. The summed E-state index contributed by atoms with van der Waals surface area (Å²) in [5.74, 6) is -0.492. The van der Waals surface area contributed by atoms with E-state index in [1.807, 2.05) is 0 Å². The summed E-state index contributed by atoms with van der Waals surface area (Å²) >= 11 is 9.27. The Morgan fingerprint density at radius 2 is 1.39 bits per heavy atom. The van der Waals surface area contributed by atoms with Gasteiger partial charge >= 0.3 is 0 Å². The van der Waals surface area contributed by atoms with Gasteiger partial charge in [0.05, 0.1) is 16.3 Å². The maximum Gasteiger partial charge on any atom is 0.243 e. The summed E-state index contributed by atoms with van der Waals surface area (Å²) in [5, 5.41) is 3.26. The van der Waals surface area contributed by atoms with Gasteiger partial charge in [-0.25, -0.2) is 16.8 Å². The predicted molar refractivity (Wildman–Crippen MR) is 149 cm³/mol. The van der Waals surface area contributed by atoms with Gasteiger partial charge in [-0.15, -0.1) is 0 Å². The van der Waals surface area contributed by atoms with E-state index in [-0.39, 0.29) is 22.9 Å². The van der Waals surface area contributed by atoms with Gasteiger partial charge in [0, 0.05) is 35.7 Å². The first kappa shape index (κ1) is 28.7. The molecule has 3 aromatic carbocycles. The molecule has 1 heterocycles. The molecule has 0 spiro atoms. The molecular weight excluding hydrogens is 614 g/mol. The Hall–Kier alpha value is -2.28. The molecule has 4 rings (SSSR count). The summed E-state index contributed by atoms with van der Waals surface area (Å²) in [6.07, 6.45) is 1.71. The third-order valence-electron chi connectivity index (χ3n) is 6.16. The lowest BCUT2D eigenvalue weighted by Gasteiger charge is -2.22. The van der Waals surface area contributed by atoms with E-state index in [1.54, 1.807) is 48.5 Å². The van der Waals surface area contributed by atoms with Crippen molar-refractivity contribution in [2.75, 3.05) is 19.6 Å². The van der Waals surface area contributed by atoms with E-state index in [0.29, 0.717) is 29.2 Å². The Balaban J connectivity index is 1.45. The number of nitrogens with one attached hydrogen (secondary N) is 1. The number of nitrogens with zero attached hydrogens (tertiary/aromatic N) is 2. The molecule has 202 valence electrons. The van der Waals surface area contributed by atoms with E-state index in [4.69, 9.17) is 11.6 Å². The van der Waals surface area contributed by atoms with Crippen LogP contribution in [0, 0.1) is 0 Å². The van der Waals surface area contributed by atoms with E-state index < -0.39 is 32.5 Å². The molecule has 1 aliphatic heterocycles. The Labute approximate surface area is 236 Å². The topological polar surface area (TPSA) is 104 Å². The zero-order valence-corrected chi connectivity index (χ0v) is 24.4. The van der Waals surface area contributed by atoms with Crippen molar-refractivity contribution in [1.29, 1.82) is 0 Å². The SMILES string of the molecule is O=C(CN(Cc1ccc(Cl)cc1)S(=O)(=O)c1ccc(Br)cc1)NCc1ccc(S(=O)(=O)N2CCCC2)cc1. The van der Waals surface area contributed by atoms with Crippen LogP contribution in [0.4, 0.5) is 0 Å². The van der Waals surface area contributed by atoms with Gasteiger partial charge in [-0.3, -0.25) is 4.79 Å². The van der Waals surface area contributed by atoms with Gasteiger partial charge < -0.3 is 5.32 Å². The first-order chi connectivity index (χ1) is 18.1. The zero-order chi connectivity index (χ0) is 27.3. The molecule has 12 heteroatoms. The van der Waals surface area contributed by atoms with Crippen molar-refractivity contribution in [3.05, 3.63) is 93.4 Å². The van der Waals surface area contributed by atoms with Gasteiger partial charge in [-0.05, 0) is 72.5 Å². The lowest BCUT2D eigenvalue weighted by molar-refractivity contribution is -0.121. The van der Waals surface area contributed by atoms with Crippen molar-refractivity contribution in [2.45, 2.75) is 35.7 Å². The maximum absolute atomic E-state index is 13.4. The Morgan fingerprint density at radius 3 is 2.00 bits per heavy atom. The second-order valence-corrected chi connectivity index (χ2v) is 14.1. The first-order valence-corrected chi connectivity index (χ1v) is 16.0. The van der Waals surface area contributed by atoms with Crippen molar-refractivity contribution < 1.29 is 21.6 Å². The second-order valence-electron chi connectivity index (χ2n) is 8.89. The fourth-order valence-electron chi connectivity index (χ4n) is 4.05. The minimum atomic E-state index is -3.99. The molecule has 0 saturated carbocycles. The predicted octanol–water partition coefficient (Wildman–Crippen LogP) is 4.39. The zero-order valence-electron chi connectivity index (χ0n) is 20.4. The highest BCUT2D eigenvalue weighted by Crippen LogP contribution is 2.23. The quantitative estimate of drug-likeness (QED) is 0.354. The molecule has 1 fully saturated rings. The molecule has 8 nitrogen and oxygen atoms in total. The van der Waals surface area contributed by atoms with Crippen LogP contribution in [0.3, 0.4) is 0 Å². The van der Waals surface area contributed by atoms with Crippen LogP contribution >= 0.6 is 27.5 Å². The van der Waals surface area contributed by atoms with Crippen LogP contribution in [0.5, 0.6) is 0 Å². The number of sulfonamides is 2. The van der Waals surface area contributed by atoms with Gasteiger partial charge in [0.1, 0.15) is 0 Å². The van der Waals surface area contributed by atoms with Gasteiger partial charge in [0.2, 0.25) is 26.0 Å². The molecule has 0 aliphatic carbocycles. The van der Waals surface area contributed by atoms with Crippen LogP contribution in [0.1, 0.15) is 24.0 Å². The summed E-state index contributed by atoms with van der Waals surface area (Å²) < 4.78 is 55.6. The highest BCUT2D eigenvalue weighted by Gasteiger charge is 2.28. The molecule has 1 saturated heterocycles. The molecule has 0 atom stereocenters. The van der Waals surface area contributed by atoms with Crippen molar-refractivity contribution in [3.63, 3.8) is 0 Å². The summed E-state index contributed by atoms with van der Waals surface area (Å²) in [6.45, 7) is 0.746. The van der Waals surface area contributed by atoms with Gasteiger partial charge in [0.25, 0.3) is 0 Å². The third-order valence-corrected chi connectivity index (χ3v) is 10.7. The minimum absolute atomic E-state index is 0.0218. The highest BCUT2D eigenvalue weighted by atomic mass is 79.9. The normalized spacial score (nSPS) is 14.6. The number of rotatable bonds is 10. The average Bonchev–Trinajstić information content (AvgIpc) is 3.45. The molecule has 38 heavy (non-hydrogen) atoms. The van der Waals surface area contributed by atoms with Crippen molar-refractivity contribution in [1.82, 2.24) is 13.9 Å². The van der Waals surface area contributed by atoms with Crippen LogP contribution in [0.15, 0.2) is 87.1 Å². The number of amides is 1. The van der Waals surface area contributed by atoms with Crippen LogP contribution < -0.4 is 5.32 Å². The van der Waals surface area contributed by atoms with Crippen molar-refractivity contribution >= 4 is 53.5 Å². The number of halogens is 2. The molecule has 3 aromatic rings. The van der Waals surface area contributed by atoms with Crippen molar-refractivity contribution in [2.24, 2.45) is 0 Å². The number of hydrogen-bond acceptors (Lipinski definition) is 5.